The molecule has 26 heavy (non-hydrogen) atoms. The molecule has 3 aromatic rings. The topological polar surface area (TPSA) is 75.6 Å². The van der Waals surface area contributed by atoms with E-state index in [0.717, 1.165) is 41.9 Å². The van der Waals surface area contributed by atoms with E-state index in [-0.39, 0.29) is 11.9 Å². The van der Waals surface area contributed by atoms with Crippen molar-refractivity contribution in [1.82, 2.24) is 19.9 Å². The van der Waals surface area contributed by atoms with Gasteiger partial charge in [0.1, 0.15) is 0 Å². The lowest BCUT2D eigenvalue weighted by atomic mass is 9.92. The van der Waals surface area contributed by atoms with Crippen LogP contribution in [-0.2, 0) is 6.42 Å². The summed E-state index contributed by atoms with van der Waals surface area (Å²) in [5.74, 6) is 0.827. The molecule has 2 aromatic heterocycles. The first kappa shape index (κ1) is 16.4. The maximum Gasteiger partial charge on any atom is 0.225 e. The van der Waals surface area contributed by atoms with Crippen molar-refractivity contribution >= 4 is 11.8 Å². The molecule has 0 fully saturated rings. The molecule has 1 unspecified atom stereocenters. The Bertz CT molecular complexity index is 915. The lowest BCUT2D eigenvalue weighted by Gasteiger charge is -2.25. The Kier molecular flexibility index (Phi) is 4.43. The number of anilines is 2. The van der Waals surface area contributed by atoms with Gasteiger partial charge in [-0.1, -0.05) is 30.3 Å². The minimum absolute atomic E-state index is 0.0127. The zero-order valence-corrected chi connectivity index (χ0v) is 14.4. The number of halogens is 1. The maximum absolute atomic E-state index is 13.6. The highest BCUT2D eigenvalue weighted by Crippen LogP contribution is 2.31. The van der Waals surface area contributed by atoms with Gasteiger partial charge in [0.25, 0.3) is 0 Å². The smallest absolute Gasteiger partial charge is 0.225 e. The quantitative estimate of drug-likeness (QED) is 0.749. The normalized spacial score (nSPS) is 16.0. The molecule has 0 bridgehead atoms. The standard InChI is InChI=1S/C19H19FN6/c1-21-18-14(20)11-23-19(26-18)25-16-9-5-8-15-13(16)10-22-17(24-15)12-6-3-2-4-7-12/h2-4,6-7,10-11,16H,5,8-9H2,1H3,(H2,21,23,25,26). The Morgan fingerprint density at radius 2 is 1.92 bits per heavy atom. The van der Waals surface area contributed by atoms with Gasteiger partial charge in [-0.15, -0.1) is 0 Å². The van der Waals surface area contributed by atoms with E-state index in [1.54, 1.807) is 7.05 Å². The molecule has 1 aliphatic rings. The van der Waals surface area contributed by atoms with Gasteiger partial charge in [-0.05, 0) is 19.3 Å². The summed E-state index contributed by atoms with van der Waals surface area (Å²) in [5.41, 5.74) is 3.10. The Morgan fingerprint density at radius 3 is 2.73 bits per heavy atom. The van der Waals surface area contributed by atoms with Crippen molar-refractivity contribution in [2.75, 3.05) is 17.7 Å². The molecule has 1 atom stereocenters. The van der Waals surface area contributed by atoms with E-state index in [1.165, 1.54) is 6.20 Å². The van der Waals surface area contributed by atoms with Gasteiger partial charge in [0.2, 0.25) is 5.95 Å². The van der Waals surface area contributed by atoms with Crippen LogP contribution in [0.3, 0.4) is 0 Å². The second-order valence-corrected chi connectivity index (χ2v) is 6.19. The Balaban J connectivity index is 1.61. The van der Waals surface area contributed by atoms with Crippen LogP contribution in [0.25, 0.3) is 11.4 Å². The number of benzene rings is 1. The number of fused-ring (bicyclic) bond motifs is 1. The highest BCUT2D eigenvalue weighted by molar-refractivity contribution is 5.55. The molecule has 1 aliphatic carbocycles. The molecule has 0 aliphatic heterocycles. The van der Waals surface area contributed by atoms with E-state index in [4.69, 9.17) is 4.98 Å². The Hall–Kier alpha value is -3.09. The summed E-state index contributed by atoms with van der Waals surface area (Å²) < 4.78 is 13.6. The summed E-state index contributed by atoms with van der Waals surface area (Å²) in [6.07, 6.45) is 5.90. The number of hydrogen-bond donors (Lipinski definition) is 2. The number of nitrogens with zero attached hydrogens (tertiary/aromatic N) is 4. The second-order valence-electron chi connectivity index (χ2n) is 6.19. The van der Waals surface area contributed by atoms with Crippen LogP contribution in [0, 0.1) is 5.82 Å². The monoisotopic (exact) mass is 350 g/mol. The third-order valence-corrected chi connectivity index (χ3v) is 4.50. The molecule has 0 spiro atoms. The van der Waals surface area contributed by atoms with Crippen LogP contribution in [0.4, 0.5) is 16.2 Å². The summed E-state index contributed by atoms with van der Waals surface area (Å²) >= 11 is 0. The molecule has 132 valence electrons. The van der Waals surface area contributed by atoms with Crippen molar-refractivity contribution in [2.45, 2.75) is 25.3 Å². The number of aryl methyl sites for hydroxylation is 1. The van der Waals surface area contributed by atoms with Crippen LogP contribution in [0.5, 0.6) is 0 Å². The van der Waals surface area contributed by atoms with E-state index in [2.05, 4.69) is 25.6 Å². The first-order valence-electron chi connectivity index (χ1n) is 8.62. The highest BCUT2D eigenvalue weighted by Gasteiger charge is 2.23. The predicted octanol–water partition coefficient (Wildman–Crippen LogP) is 3.60. The average molecular weight is 350 g/mol. The average Bonchev–Trinajstić information content (AvgIpc) is 2.70. The minimum atomic E-state index is -0.474. The van der Waals surface area contributed by atoms with Crippen LogP contribution in [0.15, 0.2) is 42.7 Å². The first-order valence-corrected chi connectivity index (χ1v) is 8.62. The van der Waals surface area contributed by atoms with Crippen LogP contribution in [0.2, 0.25) is 0 Å². The van der Waals surface area contributed by atoms with Crippen molar-refractivity contribution in [3.8, 4) is 11.4 Å². The molecule has 2 heterocycles. The fraction of sp³-hybridized carbons (Fsp3) is 0.263. The third-order valence-electron chi connectivity index (χ3n) is 4.50. The minimum Gasteiger partial charge on any atom is -0.371 e. The molecule has 0 radical (unpaired) electrons. The van der Waals surface area contributed by atoms with Gasteiger partial charge >= 0.3 is 0 Å². The lowest BCUT2D eigenvalue weighted by Crippen LogP contribution is -2.20. The first-order chi connectivity index (χ1) is 12.7. The fourth-order valence-corrected chi connectivity index (χ4v) is 3.19. The molecule has 0 saturated heterocycles. The summed E-state index contributed by atoms with van der Waals surface area (Å²) in [6.45, 7) is 0. The van der Waals surface area contributed by atoms with Gasteiger partial charge in [0.05, 0.1) is 12.2 Å². The molecule has 1 aromatic carbocycles. The van der Waals surface area contributed by atoms with Crippen molar-refractivity contribution in [3.05, 3.63) is 59.8 Å². The predicted molar refractivity (Wildman–Crippen MR) is 98.3 cm³/mol. The van der Waals surface area contributed by atoms with E-state index >= 15 is 0 Å². The van der Waals surface area contributed by atoms with Crippen LogP contribution >= 0.6 is 0 Å². The van der Waals surface area contributed by atoms with Crippen molar-refractivity contribution < 1.29 is 4.39 Å². The van der Waals surface area contributed by atoms with E-state index in [9.17, 15) is 4.39 Å². The van der Waals surface area contributed by atoms with Crippen molar-refractivity contribution in [2.24, 2.45) is 0 Å². The fourth-order valence-electron chi connectivity index (χ4n) is 3.19. The third kappa shape index (κ3) is 3.20. The van der Waals surface area contributed by atoms with Crippen molar-refractivity contribution in [3.63, 3.8) is 0 Å². The zero-order chi connectivity index (χ0) is 17.9. The van der Waals surface area contributed by atoms with E-state index < -0.39 is 5.82 Å². The molecular formula is C19H19FN6. The van der Waals surface area contributed by atoms with Gasteiger partial charge in [-0.25, -0.2) is 19.3 Å². The summed E-state index contributed by atoms with van der Waals surface area (Å²) in [4.78, 5) is 17.5. The van der Waals surface area contributed by atoms with Gasteiger partial charge in [-0.2, -0.15) is 4.98 Å². The highest BCUT2D eigenvalue weighted by atomic mass is 19.1. The van der Waals surface area contributed by atoms with Gasteiger partial charge in [0.15, 0.2) is 17.5 Å². The van der Waals surface area contributed by atoms with Gasteiger partial charge in [0, 0.05) is 30.1 Å². The molecule has 6 nitrogen and oxygen atoms in total. The number of aromatic nitrogens is 4. The summed E-state index contributed by atoms with van der Waals surface area (Å²) in [6, 6.07) is 9.96. The molecule has 2 N–H and O–H groups in total. The zero-order valence-electron chi connectivity index (χ0n) is 14.4. The largest absolute Gasteiger partial charge is 0.371 e. The van der Waals surface area contributed by atoms with Crippen LogP contribution < -0.4 is 10.6 Å². The van der Waals surface area contributed by atoms with Crippen molar-refractivity contribution in [1.29, 1.82) is 0 Å². The van der Waals surface area contributed by atoms with Gasteiger partial charge in [-0.3, -0.25) is 0 Å². The number of hydrogen-bond acceptors (Lipinski definition) is 6. The lowest BCUT2D eigenvalue weighted by molar-refractivity contribution is 0.579. The van der Waals surface area contributed by atoms with Crippen LogP contribution in [0.1, 0.15) is 30.1 Å². The molecule has 7 heteroatoms. The summed E-state index contributed by atoms with van der Waals surface area (Å²) in [5, 5.41) is 6.02. The van der Waals surface area contributed by atoms with E-state index in [1.807, 2.05) is 36.5 Å². The Labute approximate surface area is 151 Å². The van der Waals surface area contributed by atoms with E-state index in [0.29, 0.717) is 5.95 Å². The molecule has 0 saturated carbocycles. The Morgan fingerprint density at radius 1 is 1.08 bits per heavy atom. The maximum atomic E-state index is 13.6. The molecular weight excluding hydrogens is 331 g/mol. The number of nitrogens with one attached hydrogen (secondary N) is 2. The second kappa shape index (κ2) is 7.03. The SMILES string of the molecule is CNc1nc(NC2CCCc3nc(-c4ccccc4)ncc32)ncc1F. The van der Waals surface area contributed by atoms with Gasteiger partial charge < -0.3 is 10.6 Å². The summed E-state index contributed by atoms with van der Waals surface area (Å²) in [7, 11) is 1.63. The van der Waals surface area contributed by atoms with Crippen LogP contribution in [-0.4, -0.2) is 27.0 Å². The molecule has 0 amide bonds. The molecule has 4 rings (SSSR count). The number of rotatable bonds is 4.